The van der Waals surface area contributed by atoms with Crippen LogP contribution in [0, 0.1) is 0 Å². The number of anilines is 1. The van der Waals surface area contributed by atoms with Crippen molar-refractivity contribution < 1.29 is 14.3 Å². The standard InChI is InChI=1S/C14H17N3O3S2/c18-12(10-22-14(21)17-6-8-20-9-7-17)16-13(19)15-11-4-2-1-3-5-11/h1-5H,6-10H2,(H2,15,16,18,19). The summed E-state index contributed by atoms with van der Waals surface area (Å²) < 4.78 is 5.90. The van der Waals surface area contributed by atoms with Gasteiger partial charge in [-0.05, 0) is 12.1 Å². The quantitative estimate of drug-likeness (QED) is 0.817. The topological polar surface area (TPSA) is 70.7 Å². The zero-order valence-corrected chi connectivity index (χ0v) is 13.5. The first-order valence-electron chi connectivity index (χ1n) is 6.80. The molecule has 1 aliphatic heterocycles. The maximum Gasteiger partial charge on any atom is 0.325 e. The second-order valence-electron chi connectivity index (χ2n) is 4.52. The molecule has 118 valence electrons. The van der Waals surface area contributed by atoms with Gasteiger partial charge in [0, 0.05) is 18.8 Å². The summed E-state index contributed by atoms with van der Waals surface area (Å²) in [5, 5.41) is 4.86. The Morgan fingerprint density at radius 3 is 2.59 bits per heavy atom. The number of para-hydroxylation sites is 1. The van der Waals surface area contributed by atoms with E-state index in [0.717, 1.165) is 13.1 Å². The lowest BCUT2D eigenvalue weighted by Gasteiger charge is -2.28. The van der Waals surface area contributed by atoms with Crippen LogP contribution in [-0.4, -0.2) is 53.2 Å². The fraction of sp³-hybridized carbons (Fsp3) is 0.357. The fourth-order valence-corrected chi connectivity index (χ4v) is 2.86. The predicted octanol–water partition coefficient (Wildman–Crippen LogP) is 1.69. The van der Waals surface area contributed by atoms with Gasteiger partial charge < -0.3 is 15.0 Å². The van der Waals surface area contributed by atoms with E-state index >= 15 is 0 Å². The number of benzene rings is 1. The highest BCUT2D eigenvalue weighted by molar-refractivity contribution is 8.23. The van der Waals surface area contributed by atoms with Crippen molar-refractivity contribution >= 4 is 45.9 Å². The first-order valence-corrected chi connectivity index (χ1v) is 8.20. The number of hydrogen-bond acceptors (Lipinski definition) is 5. The molecule has 22 heavy (non-hydrogen) atoms. The third kappa shape index (κ3) is 5.63. The lowest BCUT2D eigenvalue weighted by Crippen LogP contribution is -2.40. The minimum atomic E-state index is -0.547. The molecule has 1 heterocycles. The Morgan fingerprint density at radius 2 is 1.91 bits per heavy atom. The molecule has 2 rings (SSSR count). The number of thioether (sulfide) groups is 1. The van der Waals surface area contributed by atoms with Gasteiger partial charge in [-0.1, -0.05) is 42.2 Å². The van der Waals surface area contributed by atoms with Gasteiger partial charge >= 0.3 is 6.03 Å². The highest BCUT2D eigenvalue weighted by atomic mass is 32.2. The van der Waals surface area contributed by atoms with Crippen LogP contribution in [0.15, 0.2) is 30.3 Å². The molecule has 3 amide bonds. The number of ether oxygens (including phenoxy) is 1. The van der Waals surface area contributed by atoms with E-state index < -0.39 is 6.03 Å². The van der Waals surface area contributed by atoms with Crippen LogP contribution in [0.25, 0.3) is 0 Å². The van der Waals surface area contributed by atoms with Gasteiger partial charge in [0.2, 0.25) is 5.91 Å². The molecule has 0 radical (unpaired) electrons. The molecular formula is C14H17N3O3S2. The van der Waals surface area contributed by atoms with Gasteiger partial charge in [0.15, 0.2) is 0 Å². The Hall–Kier alpha value is -1.64. The molecule has 6 nitrogen and oxygen atoms in total. The average Bonchev–Trinajstić information content (AvgIpc) is 2.54. The number of nitrogens with zero attached hydrogens (tertiary/aromatic N) is 1. The molecule has 0 atom stereocenters. The minimum absolute atomic E-state index is 0.110. The Bertz CT molecular complexity index is 533. The van der Waals surface area contributed by atoms with Gasteiger partial charge in [0.25, 0.3) is 0 Å². The first-order chi connectivity index (χ1) is 10.6. The summed E-state index contributed by atoms with van der Waals surface area (Å²) in [6, 6.07) is 8.38. The number of imide groups is 1. The number of hydrogen-bond donors (Lipinski definition) is 2. The molecule has 2 N–H and O–H groups in total. The molecule has 1 saturated heterocycles. The van der Waals surface area contributed by atoms with Gasteiger partial charge in [-0.15, -0.1) is 0 Å². The Kier molecular flexibility index (Phi) is 6.63. The van der Waals surface area contributed by atoms with Gasteiger partial charge in [0.1, 0.15) is 4.32 Å². The summed E-state index contributed by atoms with van der Waals surface area (Å²) in [5.41, 5.74) is 0.629. The summed E-state index contributed by atoms with van der Waals surface area (Å²) in [6.07, 6.45) is 0. The van der Waals surface area contributed by atoms with Crippen LogP contribution in [0.1, 0.15) is 0 Å². The third-order valence-corrected chi connectivity index (χ3v) is 4.40. The van der Waals surface area contributed by atoms with Gasteiger partial charge in [-0.2, -0.15) is 0 Å². The minimum Gasteiger partial charge on any atom is -0.378 e. The van der Waals surface area contributed by atoms with Crippen molar-refractivity contribution in [2.75, 3.05) is 37.4 Å². The van der Waals surface area contributed by atoms with Crippen LogP contribution in [0.3, 0.4) is 0 Å². The van der Waals surface area contributed by atoms with Crippen LogP contribution in [0.5, 0.6) is 0 Å². The van der Waals surface area contributed by atoms with E-state index in [1.54, 1.807) is 24.3 Å². The molecule has 0 saturated carbocycles. The normalized spacial score (nSPS) is 14.3. The summed E-state index contributed by atoms with van der Waals surface area (Å²) in [6.45, 7) is 2.77. The van der Waals surface area contributed by atoms with Crippen LogP contribution in [0.2, 0.25) is 0 Å². The Labute approximate surface area is 138 Å². The smallest absolute Gasteiger partial charge is 0.325 e. The average molecular weight is 339 g/mol. The van der Waals surface area contributed by atoms with Gasteiger partial charge in [-0.25, -0.2) is 4.79 Å². The first kappa shape index (κ1) is 16.7. The van der Waals surface area contributed by atoms with Gasteiger partial charge in [-0.3, -0.25) is 10.1 Å². The van der Waals surface area contributed by atoms with E-state index in [2.05, 4.69) is 10.6 Å². The number of carbonyl (C=O) groups is 2. The number of rotatable bonds is 3. The molecule has 1 aromatic carbocycles. The molecule has 0 bridgehead atoms. The second kappa shape index (κ2) is 8.72. The lowest BCUT2D eigenvalue weighted by atomic mass is 10.3. The van der Waals surface area contributed by atoms with E-state index in [-0.39, 0.29) is 11.7 Å². The van der Waals surface area contributed by atoms with E-state index in [0.29, 0.717) is 23.2 Å². The van der Waals surface area contributed by atoms with Crippen LogP contribution < -0.4 is 10.6 Å². The number of nitrogens with one attached hydrogen (secondary N) is 2. The number of morpholine rings is 1. The summed E-state index contributed by atoms with van der Waals surface area (Å²) >= 11 is 6.51. The van der Waals surface area contributed by atoms with Crippen molar-refractivity contribution in [3.63, 3.8) is 0 Å². The van der Waals surface area contributed by atoms with Crippen molar-refractivity contribution in [1.29, 1.82) is 0 Å². The molecule has 0 spiro atoms. The second-order valence-corrected chi connectivity index (χ2v) is 6.13. The number of urea groups is 1. The zero-order valence-electron chi connectivity index (χ0n) is 11.9. The largest absolute Gasteiger partial charge is 0.378 e. The van der Waals surface area contributed by atoms with Crippen molar-refractivity contribution in [2.24, 2.45) is 0 Å². The van der Waals surface area contributed by atoms with Crippen molar-refractivity contribution in [3.8, 4) is 0 Å². The van der Waals surface area contributed by atoms with Crippen molar-refractivity contribution in [2.45, 2.75) is 0 Å². The maximum absolute atomic E-state index is 11.7. The van der Waals surface area contributed by atoms with Crippen molar-refractivity contribution in [1.82, 2.24) is 10.2 Å². The Balaban J connectivity index is 1.68. The van der Waals surface area contributed by atoms with Crippen LogP contribution >= 0.6 is 24.0 Å². The molecule has 0 aromatic heterocycles. The molecule has 8 heteroatoms. The third-order valence-electron chi connectivity index (χ3n) is 2.88. The molecule has 0 aliphatic carbocycles. The van der Waals surface area contributed by atoms with E-state index in [1.165, 1.54) is 11.8 Å². The van der Waals surface area contributed by atoms with E-state index in [9.17, 15) is 9.59 Å². The summed E-state index contributed by atoms with van der Waals surface area (Å²) in [7, 11) is 0. The van der Waals surface area contributed by atoms with Crippen LogP contribution in [-0.2, 0) is 9.53 Å². The zero-order chi connectivity index (χ0) is 15.8. The number of amides is 3. The van der Waals surface area contributed by atoms with Gasteiger partial charge in [0.05, 0.1) is 19.0 Å². The molecule has 1 fully saturated rings. The predicted molar refractivity (Wildman–Crippen MR) is 91.1 cm³/mol. The molecule has 0 unspecified atom stereocenters. The molecule has 1 aromatic rings. The number of thiocarbonyl (C=S) groups is 1. The summed E-state index contributed by atoms with van der Waals surface area (Å²) in [4.78, 5) is 25.4. The SMILES string of the molecule is O=C(CSC(=S)N1CCOCC1)NC(=O)Nc1ccccc1. The monoisotopic (exact) mass is 339 g/mol. The number of carbonyl (C=O) groups excluding carboxylic acids is 2. The lowest BCUT2D eigenvalue weighted by molar-refractivity contribution is -0.117. The van der Waals surface area contributed by atoms with Crippen LogP contribution in [0.4, 0.5) is 10.5 Å². The van der Waals surface area contributed by atoms with E-state index in [4.69, 9.17) is 17.0 Å². The maximum atomic E-state index is 11.7. The Morgan fingerprint density at radius 1 is 1.23 bits per heavy atom. The summed E-state index contributed by atoms with van der Waals surface area (Å²) in [5.74, 6) is -0.271. The fourth-order valence-electron chi connectivity index (χ4n) is 1.81. The molecule has 1 aliphatic rings. The van der Waals surface area contributed by atoms with Crippen molar-refractivity contribution in [3.05, 3.63) is 30.3 Å². The highest BCUT2D eigenvalue weighted by Crippen LogP contribution is 2.11. The highest BCUT2D eigenvalue weighted by Gasteiger charge is 2.16. The molecular weight excluding hydrogens is 322 g/mol. The van der Waals surface area contributed by atoms with E-state index in [1.807, 2.05) is 11.0 Å².